The zero-order valence-corrected chi connectivity index (χ0v) is 16.7. The van der Waals surface area contributed by atoms with Crippen LogP contribution in [0.2, 0.25) is 0 Å². The summed E-state index contributed by atoms with van der Waals surface area (Å²) in [7, 11) is 0. The SMILES string of the molecule is O=C([O-])[O-].[K+].[K+].c1ccc(-c2ccccc2)cc1. The quantitative estimate of drug-likeness (QED) is 0.494. The van der Waals surface area contributed by atoms with Gasteiger partial charge in [-0.3, -0.25) is 0 Å². The fraction of sp³-hybridized carbons (Fsp3) is 0. The molecule has 2 aromatic carbocycles. The minimum absolute atomic E-state index is 0. The van der Waals surface area contributed by atoms with Gasteiger partial charge in [-0.1, -0.05) is 60.7 Å². The molecule has 0 unspecified atom stereocenters. The monoisotopic (exact) mass is 292 g/mol. The Morgan fingerprint density at radius 2 is 0.889 bits per heavy atom. The smallest absolute Gasteiger partial charge is 0.652 e. The topological polar surface area (TPSA) is 63.2 Å². The van der Waals surface area contributed by atoms with E-state index in [2.05, 4.69) is 48.5 Å². The molecule has 0 fully saturated rings. The third-order valence-corrected chi connectivity index (χ3v) is 1.88. The Morgan fingerprint density at radius 3 is 1.11 bits per heavy atom. The van der Waals surface area contributed by atoms with Crippen molar-refractivity contribution >= 4 is 6.16 Å². The van der Waals surface area contributed by atoms with Gasteiger partial charge in [-0.2, -0.15) is 0 Å². The number of carboxylic acid groups (broad SMARTS) is 2. The van der Waals surface area contributed by atoms with Crippen molar-refractivity contribution in [1.82, 2.24) is 0 Å². The molecule has 0 amide bonds. The molecule has 0 spiro atoms. The van der Waals surface area contributed by atoms with Crippen LogP contribution in [0.5, 0.6) is 0 Å². The maximum atomic E-state index is 8.33. The summed E-state index contributed by atoms with van der Waals surface area (Å²) >= 11 is 0. The summed E-state index contributed by atoms with van der Waals surface area (Å²) < 4.78 is 0. The van der Waals surface area contributed by atoms with Crippen LogP contribution in [0.4, 0.5) is 4.79 Å². The molecule has 3 nitrogen and oxygen atoms in total. The van der Waals surface area contributed by atoms with Gasteiger partial charge >= 0.3 is 103 Å². The molecule has 0 aliphatic rings. The molecule has 0 saturated carbocycles. The first-order valence-corrected chi connectivity index (χ1v) is 4.68. The molecule has 2 aromatic rings. The van der Waals surface area contributed by atoms with Crippen molar-refractivity contribution < 1.29 is 118 Å². The third kappa shape index (κ3) is 9.85. The van der Waals surface area contributed by atoms with E-state index in [-0.39, 0.29) is 103 Å². The first-order chi connectivity index (χ1) is 7.70. The van der Waals surface area contributed by atoms with Crippen LogP contribution in [0.25, 0.3) is 11.1 Å². The standard InChI is InChI=1S/C12H10.CH2O3.2K/c1-3-7-11(8-4-1)12-9-5-2-6-10-12;2-1(3)4;;/h1-10H;(H2,2,3,4);;/q;;2*+1/p-2. The van der Waals surface area contributed by atoms with E-state index >= 15 is 0 Å². The number of carbonyl (C=O) groups excluding carboxylic acids is 1. The molecular formula is C13H10K2O3. The molecule has 0 aliphatic heterocycles. The molecule has 0 aliphatic carbocycles. The Morgan fingerprint density at radius 1 is 0.667 bits per heavy atom. The molecule has 0 N–H and O–H groups in total. The van der Waals surface area contributed by atoms with Crippen molar-refractivity contribution in [3.63, 3.8) is 0 Å². The van der Waals surface area contributed by atoms with E-state index in [0.29, 0.717) is 0 Å². The summed E-state index contributed by atoms with van der Waals surface area (Å²) in [6.45, 7) is 0. The molecule has 18 heavy (non-hydrogen) atoms. The van der Waals surface area contributed by atoms with Gasteiger partial charge in [-0.15, -0.1) is 0 Å². The van der Waals surface area contributed by atoms with E-state index < -0.39 is 6.16 Å². The summed E-state index contributed by atoms with van der Waals surface area (Å²) in [4.78, 5) is 8.33. The number of rotatable bonds is 1. The van der Waals surface area contributed by atoms with E-state index in [1.54, 1.807) is 0 Å². The van der Waals surface area contributed by atoms with Crippen LogP contribution in [0.15, 0.2) is 60.7 Å². The summed E-state index contributed by atoms with van der Waals surface area (Å²) in [5, 5.41) is 16.7. The Bertz CT molecular complexity index is 391. The maximum Gasteiger partial charge on any atom is 1.00 e. The average Bonchev–Trinajstić information content (AvgIpc) is 2.31. The average molecular weight is 292 g/mol. The van der Waals surface area contributed by atoms with Gasteiger partial charge in [-0.25, -0.2) is 0 Å². The van der Waals surface area contributed by atoms with Crippen molar-refractivity contribution in [2.24, 2.45) is 0 Å². The minimum Gasteiger partial charge on any atom is -0.652 e. The molecule has 5 heteroatoms. The van der Waals surface area contributed by atoms with Crippen molar-refractivity contribution in [3.05, 3.63) is 60.7 Å². The van der Waals surface area contributed by atoms with Gasteiger partial charge in [-0.05, 0) is 17.3 Å². The Labute approximate surface area is 191 Å². The van der Waals surface area contributed by atoms with Crippen LogP contribution in [0, 0.1) is 0 Å². The first-order valence-electron chi connectivity index (χ1n) is 4.68. The van der Waals surface area contributed by atoms with Crippen LogP contribution in [0.1, 0.15) is 0 Å². The Hall–Kier alpha value is 0.983. The van der Waals surface area contributed by atoms with Crippen LogP contribution >= 0.6 is 0 Å². The van der Waals surface area contributed by atoms with Crippen LogP contribution in [-0.2, 0) is 0 Å². The largest absolute Gasteiger partial charge is 1.00 e. The van der Waals surface area contributed by atoms with E-state index in [1.807, 2.05) is 12.1 Å². The van der Waals surface area contributed by atoms with Crippen LogP contribution in [-0.4, -0.2) is 6.16 Å². The summed E-state index contributed by atoms with van der Waals surface area (Å²) in [6, 6.07) is 20.8. The summed E-state index contributed by atoms with van der Waals surface area (Å²) in [6.07, 6.45) is -2.33. The number of benzene rings is 2. The van der Waals surface area contributed by atoms with Crippen LogP contribution < -0.4 is 113 Å². The molecule has 0 aromatic heterocycles. The van der Waals surface area contributed by atoms with E-state index in [1.165, 1.54) is 11.1 Å². The summed E-state index contributed by atoms with van der Waals surface area (Å²) in [5.74, 6) is 0. The van der Waals surface area contributed by atoms with E-state index in [0.717, 1.165) is 0 Å². The molecule has 2 rings (SSSR count). The predicted molar refractivity (Wildman–Crippen MR) is 57.3 cm³/mol. The van der Waals surface area contributed by atoms with Gasteiger partial charge in [0, 0.05) is 0 Å². The maximum absolute atomic E-state index is 8.33. The molecular weight excluding hydrogens is 282 g/mol. The van der Waals surface area contributed by atoms with Gasteiger partial charge in [0.15, 0.2) is 0 Å². The Balaban J connectivity index is 0. The van der Waals surface area contributed by atoms with E-state index in [4.69, 9.17) is 15.0 Å². The van der Waals surface area contributed by atoms with Gasteiger partial charge in [0.1, 0.15) is 0 Å². The second-order valence-electron chi connectivity index (χ2n) is 2.98. The normalized spacial score (nSPS) is 7.78. The number of carbonyl (C=O) groups is 1. The second kappa shape index (κ2) is 13.0. The third-order valence-electron chi connectivity index (χ3n) is 1.88. The molecule has 0 atom stereocenters. The number of hydrogen-bond acceptors (Lipinski definition) is 3. The van der Waals surface area contributed by atoms with Crippen molar-refractivity contribution in [1.29, 1.82) is 0 Å². The predicted octanol–water partition coefficient (Wildman–Crippen LogP) is -5.09. The van der Waals surface area contributed by atoms with Gasteiger partial charge in [0.25, 0.3) is 0 Å². The first kappa shape index (κ1) is 21.3. The fourth-order valence-corrected chi connectivity index (χ4v) is 1.26. The molecule has 0 bridgehead atoms. The summed E-state index contributed by atoms with van der Waals surface area (Å²) in [5.41, 5.74) is 2.55. The van der Waals surface area contributed by atoms with Crippen molar-refractivity contribution in [3.8, 4) is 11.1 Å². The van der Waals surface area contributed by atoms with Gasteiger partial charge in [0.05, 0.1) is 0 Å². The number of hydrogen-bond donors (Lipinski definition) is 0. The molecule has 0 saturated heterocycles. The van der Waals surface area contributed by atoms with Gasteiger partial charge < -0.3 is 15.0 Å². The van der Waals surface area contributed by atoms with E-state index in [9.17, 15) is 0 Å². The van der Waals surface area contributed by atoms with Crippen LogP contribution in [0.3, 0.4) is 0 Å². The second-order valence-corrected chi connectivity index (χ2v) is 2.98. The zero-order valence-electron chi connectivity index (χ0n) is 10.5. The zero-order chi connectivity index (χ0) is 11.8. The van der Waals surface area contributed by atoms with Crippen molar-refractivity contribution in [2.75, 3.05) is 0 Å². The molecule has 82 valence electrons. The molecule has 0 heterocycles. The minimum atomic E-state index is -2.33. The van der Waals surface area contributed by atoms with Gasteiger partial charge in [0.2, 0.25) is 0 Å². The molecule has 0 radical (unpaired) electrons. The van der Waals surface area contributed by atoms with Crippen molar-refractivity contribution in [2.45, 2.75) is 0 Å². The fourth-order valence-electron chi connectivity index (χ4n) is 1.26. The Kier molecular flexibility index (Phi) is 15.4.